The van der Waals surface area contributed by atoms with E-state index in [4.69, 9.17) is 14.2 Å². The molecule has 0 saturated carbocycles. The lowest BCUT2D eigenvalue weighted by Gasteiger charge is -2.19. The number of hydrogen-bond donors (Lipinski definition) is 1. The van der Waals surface area contributed by atoms with Crippen LogP contribution >= 0.6 is 0 Å². The first-order chi connectivity index (χ1) is 12.1. The summed E-state index contributed by atoms with van der Waals surface area (Å²) >= 11 is 0. The lowest BCUT2D eigenvalue weighted by atomic mass is 10.1. The Morgan fingerprint density at radius 3 is 2.76 bits per heavy atom. The molecule has 1 aliphatic heterocycles. The van der Waals surface area contributed by atoms with Gasteiger partial charge in [0, 0.05) is 6.54 Å². The number of ether oxygens (including phenoxy) is 3. The zero-order valence-electron chi connectivity index (χ0n) is 14.8. The molecule has 0 aliphatic carbocycles. The van der Waals surface area contributed by atoms with Crippen molar-refractivity contribution < 1.29 is 19.0 Å². The van der Waals surface area contributed by atoms with E-state index in [1.165, 1.54) is 0 Å². The smallest absolute Gasteiger partial charge is 0.261 e. The Kier molecular flexibility index (Phi) is 5.12. The molecule has 3 rings (SSSR count). The average molecular weight is 341 g/mol. The molecule has 1 N–H and O–H groups in total. The van der Waals surface area contributed by atoms with Gasteiger partial charge in [-0.3, -0.25) is 4.79 Å². The van der Waals surface area contributed by atoms with Crippen LogP contribution in [0.4, 0.5) is 0 Å². The molecule has 0 radical (unpaired) electrons. The molecule has 132 valence electrons. The molecule has 2 aromatic rings. The molecule has 0 fully saturated rings. The summed E-state index contributed by atoms with van der Waals surface area (Å²) in [6, 6.07) is 11.6. The molecule has 1 heterocycles. The van der Waals surface area contributed by atoms with Crippen molar-refractivity contribution in [2.24, 2.45) is 0 Å². The molecule has 0 aromatic heterocycles. The van der Waals surface area contributed by atoms with Crippen molar-refractivity contribution >= 4 is 5.91 Å². The van der Waals surface area contributed by atoms with E-state index in [1.54, 1.807) is 0 Å². The molecule has 5 nitrogen and oxygen atoms in total. The minimum absolute atomic E-state index is 0.124. The van der Waals surface area contributed by atoms with Gasteiger partial charge < -0.3 is 19.5 Å². The van der Waals surface area contributed by atoms with Crippen molar-refractivity contribution in [3.05, 3.63) is 53.1 Å². The van der Waals surface area contributed by atoms with Gasteiger partial charge in [0.1, 0.15) is 5.75 Å². The van der Waals surface area contributed by atoms with Crippen LogP contribution in [0.25, 0.3) is 0 Å². The second kappa shape index (κ2) is 7.47. The van der Waals surface area contributed by atoms with Crippen molar-refractivity contribution in [2.75, 3.05) is 6.79 Å². The fourth-order valence-corrected chi connectivity index (χ4v) is 2.66. The van der Waals surface area contributed by atoms with Crippen LogP contribution < -0.4 is 19.5 Å². The van der Waals surface area contributed by atoms with Crippen LogP contribution in [-0.4, -0.2) is 18.8 Å². The molecule has 0 unspecified atom stereocenters. The third kappa shape index (κ3) is 4.05. The van der Waals surface area contributed by atoms with Gasteiger partial charge in [-0.25, -0.2) is 0 Å². The highest BCUT2D eigenvalue weighted by Crippen LogP contribution is 2.32. The maximum Gasteiger partial charge on any atom is 0.261 e. The first-order valence-corrected chi connectivity index (χ1v) is 8.47. The predicted molar refractivity (Wildman–Crippen MR) is 95.0 cm³/mol. The number of hydrogen-bond acceptors (Lipinski definition) is 4. The second-order valence-corrected chi connectivity index (χ2v) is 6.19. The number of rotatable bonds is 6. The van der Waals surface area contributed by atoms with Gasteiger partial charge >= 0.3 is 0 Å². The van der Waals surface area contributed by atoms with E-state index in [1.807, 2.05) is 57.2 Å². The third-order valence-corrected chi connectivity index (χ3v) is 4.18. The number of fused-ring (bicyclic) bond motifs is 1. The first kappa shape index (κ1) is 17.1. The average Bonchev–Trinajstić information content (AvgIpc) is 3.08. The first-order valence-electron chi connectivity index (χ1n) is 8.47. The molecule has 1 atom stereocenters. The van der Waals surface area contributed by atoms with Crippen LogP contribution in [0.2, 0.25) is 0 Å². The van der Waals surface area contributed by atoms with E-state index >= 15 is 0 Å². The van der Waals surface area contributed by atoms with Crippen LogP contribution in [0, 0.1) is 13.8 Å². The summed E-state index contributed by atoms with van der Waals surface area (Å²) in [5.41, 5.74) is 3.09. The summed E-state index contributed by atoms with van der Waals surface area (Å²) in [6.45, 7) is 6.59. The molecule has 0 spiro atoms. The van der Waals surface area contributed by atoms with Crippen LogP contribution in [-0.2, 0) is 11.3 Å². The van der Waals surface area contributed by atoms with Gasteiger partial charge in [-0.2, -0.15) is 0 Å². The molecule has 0 bridgehead atoms. The lowest BCUT2D eigenvalue weighted by Crippen LogP contribution is -2.37. The lowest BCUT2D eigenvalue weighted by molar-refractivity contribution is -0.128. The quantitative estimate of drug-likeness (QED) is 0.874. The molecule has 25 heavy (non-hydrogen) atoms. The Morgan fingerprint density at radius 2 is 1.96 bits per heavy atom. The van der Waals surface area contributed by atoms with Crippen molar-refractivity contribution in [3.8, 4) is 17.2 Å². The highest BCUT2D eigenvalue weighted by atomic mass is 16.7. The minimum atomic E-state index is -0.519. The van der Waals surface area contributed by atoms with E-state index in [2.05, 4.69) is 5.32 Å². The highest BCUT2D eigenvalue weighted by Gasteiger charge is 2.19. The van der Waals surface area contributed by atoms with Gasteiger partial charge in [0.25, 0.3) is 5.91 Å². The zero-order valence-corrected chi connectivity index (χ0v) is 14.8. The maximum absolute atomic E-state index is 12.5. The molecular formula is C20H23NO4. The summed E-state index contributed by atoms with van der Waals surface area (Å²) in [5, 5.41) is 2.94. The zero-order chi connectivity index (χ0) is 17.8. The van der Waals surface area contributed by atoms with Gasteiger partial charge in [0.05, 0.1) is 0 Å². The number of nitrogens with one attached hydrogen (secondary N) is 1. The molecule has 2 aromatic carbocycles. The Hall–Kier alpha value is -2.69. The van der Waals surface area contributed by atoms with Gasteiger partial charge in [0.15, 0.2) is 17.6 Å². The Morgan fingerprint density at radius 1 is 1.16 bits per heavy atom. The Bertz CT molecular complexity index is 772. The summed E-state index contributed by atoms with van der Waals surface area (Å²) in [6.07, 6.45) is 0.0786. The van der Waals surface area contributed by atoms with E-state index in [0.29, 0.717) is 18.7 Å². The second-order valence-electron chi connectivity index (χ2n) is 6.19. The highest BCUT2D eigenvalue weighted by molar-refractivity contribution is 5.81. The number of aryl methyl sites for hydroxylation is 2. The van der Waals surface area contributed by atoms with Crippen molar-refractivity contribution in [3.63, 3.8) is 0 Å². The number of carbonyl (C=O) groups excluding carboxylic acids is 1. The largest absolute Gasteiger partial charge is 0.480 e. The molecule has 0 saturated heterocycles. The normalized spacial score (nSPS) is 13.4. The van der Waals surface area contributed by atoms with Crippen LogP contribution in [0.3, 0.4) is 0 Å². The summed E-state index contributed by atoms with van der Waals surface area (Å²) in [4.78, 5) is 12.5. The number of amides is 1. The van der Waals surface area contributed by atoms with Crippen molar-refractivity contribution in [2.45, 2.75) is 39.8 Å². The van der Waals surface area contributed by atoms with E-state index in [9.17, 15) is 4.79 Å². The fourth-order valence-electron chi connectivity index (χ4n) is 2.66. The van der Waals surface area contributed by atoms with Crippen molar-refractivity contribution in [1.29, 1.82) is 0 Å². The Labute approximate surface area is 147 Å². The molecule has 1 aliphatic rings. The van der Waals surface area contributed by atoms with Crippen LogP contribution in [0.5, 0.6) is 17.2 Å². The van der Waals surface area contributed by atoms with Gasteiger partial charge in [0.2, 0.25) is 6.79 Å². The number of benzene rings is 2. The predicted octanol–water partition coefficient (Wildman–Crippen LogP) is 3.51. The monoisotopic (exact) mass is 341 g/mol. The molecule has 1 amide bonds. The topological polar surface area (TPSA) is 56.8 Å². The van der Waals surface area contributed by atoms with Gasteiger partial charge in [-0.1, -0.05) is 25.1 Å². The van der Waals surface area contributed by atoms with E-state index in [0.717, 1.165) is 28.2 Å². The summed E-state index contributed by atoms with van der Waals surface area (Å²) in [5.74, 6) is 2.08. The summed E-state index contributed by atoms with van der Waals surface area (Å²) in [7, 11) is 0. The van der Waals surface area contributed by atoms with Crippen LogP contribution in [0.1, 0.15) is 30.0 Å². The summed E-state index contributed by atoms with van der Waals surface area (Å²) < 4.78 is 16.6. The number of carbonyl (C=O) groups is 1. The SMILES string of the molecule is CC[C@@H](Oc1cc(C)ccc1C)C(=O)NCc1ccc2c(c1)OCO2. The molecule has 5 heteroatoms. The molecular weight excluding hydrogens is 318 g/mol. The van der Waals surface area contributed by atoms with Gasteiger partial charge in [-0.15, -0.1) is 0 Å². The Balaban J connectivity index is 1.61. The standard InChI is InChI=1S/C20H23NO4/c1-4-16(25-18-9-13(2)5-6-14(18)3)20(22)21-11-15-7-8-17-19(10-15)24-12-23-17/h5-10,16H,4,11-12H2,1-3H3,(H,21,22)/t16-/m1/s1. The van der Waals surface area contributed by atoms with E-state index < -0.39 is 6.10 Å². The maximum atomic E-state index is 12.5. The van der Waals surface area contributed by atoms with Crippen LogP contribution in [0.15, 0.2) is 36.4 Å². The van der Waals surface area contributed by atoms with E-state index in [-0.39, 0.29) is 12.7 Å². The fraction of sp³-hybridized carbons (Fsp3) is 0.350. The van der Waals surface area contributed by atoms with Gasteiger partial charge in [-0.05, 0) is 55.2 Å². The third-order valence-electron chi connectivity index (χ3n) is 4.18. The minimum Gasteiger partial charge on any atom is -0.480 e. The van der Waals surface area contributed by atoms with Crippen molar-refractivity contribution in [1.82, 2.24) is 5.32 Å².